The standard InChI is InChI=1S/C7H14N2O3S/c1-9(2)8-7(10)6-3-4-13(11,12)5-6/h6H,3-5H2,1-2H3,(H,8,10)/t6-/m0/s1. The van der Waals surface area contributed by atoms with Gasteiger partial charge >= 0.3 is 0 Å². The highest BCUT2D eigenvalue weighted by molar-refractivity contribution is 7.91. The number of amides is 1. The first-order valence-electron chi connectivity index (χ1n) is 4.09. The van der Waals surface area contributed by atoms with Gasteiger partial charge in [0.2, 0.25) is 5.91 Å². The molecule has 0 bridgehead atoms. The molecule has 0 radical (unpaired) electrons. The van der Waals surface area contributed by atoms with Crippen LogP contribution in [0.15, 0.2) is 0 Å². The number of carbonyl (C=O) groups is 1. The van der Waals surface area contributed by atoms with Crippen LogP contribution in [0.2, 0.25) is 0 Å². The summed E-state index contributed by atoms with van der Waals surface area (Å²) >= 11 is 0. The Labute approximate surface area is 78.0 Å². The zero-order valence-corrected chi connectivity index (χ0v) is 8.60. The van der Waals surface area contributed by atoms with Gasteiger partial charge in [0, 0.05) is 14.1 Å². The van der Waals surface area contributed by atoms with Crippen LogP contribution in [-0.4, -0.2) is 44.9 Å². The lowest BCUT2D eigenvalue weighted by Gasteiger charge is -2.14. The van der Waals surface area contributed by atoms with Gasteiger partial charge in [-0.3, -0.25) is 10.2 Å². The summed E-state index contributed by atoms with van der Waals surface area (Å²) in [7, 11) is 0.436. The fourth-order valence-electron chi connectivity index (χ4n) is 1.31. The highest BCUT2D eigenvalue weighted by atomic mass is 32.2. The molecular formula is C7H14N2O3S. The highest BCUT2D eigenvalue weighted by Gasteiger charge is 2.32. The van der Waals surface area contributed by atoms with Crippen molar-refractivity contribution in [2.24, 2.45) is 5.92 Å². The number of hydrogen-bond donors (Lipinski definition) is 1. The molecule has 0 aromatic heterocycles. The summed E-state index contributed by atoms with van der Waals surface area (Å²) in [6, 6.07) is 0. The van der Waals surface area contributed by atoms with Crippen LogP contribution in [0.5, 0.6) is 0 Å². The molecule has 1 heterocycles. The van der Waals surface area contributed by atoms with Gasteiger partial charge in [-0.25, -0.2) is 13.4 Å². The minimum Gasteiger partial charge on any atom is -0.289 e. The molecule has 13 heavy (non-hydrogen) atoms. The first kappa shape index (κ1) is 10.5. The molecule has 76 valence electrons. The van der Waals surface area contributed by atoms with E-state index in [0.29, 0.717) is 6.42 Å². The Kier molecular flexibility index (Phi) is 2.92. The van der Waals surface area contributed by atoms with Gasteiger partial charge in [-0.1, -0.05) is 0 Å². The third-order valence-electron chi connectivity index (χ3n) is 1.94. The topological polar surface area (TPSA) is 66.5 Å². The third-order valence-corrected chi connectivity index (χ3v) is 3.70. The molecule has 6 heteroatoms. The largest absolute Gasteiger partial charge is 0.289 e. The molecule has 1 amide bonds. The van der Waals surface area contributed by atoms with Crippen molar-refractivity contribution in [3.05, 3.63) is 0 Å². The van der Waals surface area contributed by atoms with E-state index >= 15 is 0 Å². The van der Waals surface area contributed by atoms with E-state index < -0.39 is 9.84 Å². The molecule has 0 unspecified atom stereocenters. The van der Waals surface area contributed by atoms with Gasteiger partial charge in [0.25, 0.3) is 0 Å². The summed E-state index contributed by atoms with van der Waals surface area (Å²) in [4.78, 5) is 11.3. The molecule has 0 aliphatic carbocycles. The van der Waals surface area contributed by atoms with Crippen molar-refractivity contribution >= 4 is 15.7 Å². The number of carbonyl (C=O) groups excluding carboxylic acids is 1. The summed E-state index contributed by atoms with van der Waals surface area (Å²) < 4.78 is 22.1. The second-order valence-corrected chi connectivity index (χ2v) is 5.70. The van der Waals surface area contributed by atoms with Crippen molar-refractivity contribution in [2.75, 3.05) is 25.6 Å². The Morgan fingerprint density at radius 2 is 2.08 bits per heavy atom. The summed E-state index contributed by atoms with van der Waals surface area (Å²) in [5.74, 6) is -0.441. The Hall–Kier alpha value is -0.620. The predicted octanol–water partition coefficient (Wildman–Crippen LogP) is -0.986. The minimum atomic E-state index is -2.96. The lowest BCUT2D eigenvalue weighted by molar-refractivity contribution is -0.128. The maximum Gasteiger partial charge on any atom is 0.238 e. The van der Waals surface area contributed by atoms with Crippen molar-refractivity contribution in [1.29, 1.82) is 0 Å². The Bertz CT molecular complexity index is 297. The minimum absolute atomic E-state index is 0.00727. The smallest absolute Gasteiger partial charge is 0.238 e. The van der Waals surface area contributed by atoms with E-state index in [1.165, 1.54) is 5.01 Å². The number of hydrazine groups is 1. The number of sulfone groups is 1. The van der Waals surface area contributed by atoms with Crippen LogP contribution >= 0.6 is 0 Å². The van der Waals surface area contributed by atoms with E-state index in [2.05, 4.69) is 5.43 Å². The van der Waals surface area contributed by atoms with Gasteiger partial charge in [0.05, 0.1) is 17.4 Å². The van der Waals surface area contributed by atoms with Gasteiger partial charge in [0.15, 0.2) is 9.84 Å². The summed E-state index contributed by atoms with van der Waals surface area (Å²) in [5, 5.41) is 1.52. The van der Waals surface area contributed by atoms with Crippen LogP contribution in [-0.2, 0) is 14.6 Å². The molecule has 1 N–H and O–H groups in total. The average Bonchev–Trinajstić information content (AvgIpc) is 2.28. The predicted molar refractivity (Wildman–Crippen MR) is 48.6 cm³/mol. The summed E-state index contributed by atoms with van der Waals surface area (Å²) in [6.07, 6.45) is 0.446. The van der Waals surface area contributed by atoms with Crippen LogP contribution in [0, 0.1) is 5.92 Å². The van der Waals surface area contributed by atoms with Crippen LogP contribution in [0.4, 0.5) is 0 Å². The number of nitrogens with zero attached hydrogens (tertiary/aromatic N) is 1. The molecule has 0 saturated carbocycles. The van der Waals surface area contributed by atoms with E-state index in [0.717, 1.165) is 0 Å². The van der Waals surface area contributed by atoms with Crippen LogP contribution in [0.1, 0.15) is 6.42 Å². The first-order valence-corrected chi connectivity index (χ1v) is 5.91. The van der Waals surface area contributed by atoms with Gasteiger partial charge in [-0.05, 0) is 6.42 Å². The van der Waals surface area contributed by atoms with Gasteiger partial charge in [0.1, 0.15) is 0 Å². The molecule has 0 aromatic rings. The van der Waals surface area contributed by atoms with Crippen molar-refractivity contribution in [2.45, 2.75) is 6.42 Å². The number of nitrogens with one attached hydrogen (secondary N) is 1. The van der Waals surface area contributed by atoms with Crippen LogP contribution < -0.4 is 5.43 Å². The Morgan fingerprint density at radius 3 is 2.46 bits per heavy atom. The second kappa shape index (κ2) is 3.63. The van der Waals surface area contributed by atoms with Crippen molar-refractivity contribution < 1.29 is 13.2 Å². The van der Waals surface area contributed by atoms with Crippen LogP contribution in [0.25, 0.3) is 0 Å². The van der Waals surface area contributed by atoms with Crippen molar-refractivity contribution in [3.8, 4) is 0 Å². The molecule has 0 spiro atoms. The first-order chi connectivity index (χ1) is 5.91. The third kappa shape index (κ3) is 2.96. The van der Waals surface area contributed by atoms with E-state index in [4.69, 9.17) is 0 Å². The number of rotatable bonds is 2. The maximum atomic E-state index is 11.3. The van der Waals surface area contributed by atoms with E-state index in [1.54, 1.807) is 14.1 Å². The highest BCUT2D eigenvalue weighted by Crippen LogP contribution is 2.18. The van der Waals surface area contributed by atoms with Crippen LogP contribution in [0.3, 0.4) is 0 Å². The molecule has 1 atom stereocenters. The maximum absolute atomic E-state index is 11.3. The van der Waals surface area contributed by atoms with Gasteiger partial charge in [-0.15, -0.1) is 0 Å². The second-order valence-electron chi connectivity index (χ2n) is 3.47. The molecular weight excluding hydrogens is 192 g/mol. The van der Waals surface area contributed by atoms with Crippen molar-refractivity contribution in [3.63, 3.8) is 0 Å². The Balaban J connectivity index is 2.52. The molecule has 1 rings (SSSR count). The normalized spacial score (nSPS) is 26.2. The number of hydrogen-bond acceptors (Lipinski definition) is 4. The molecule has 1 aliphatic rings. The fraction of sp³-hybridized carbons (Fsp3) is 0.857. The lowest BCUT2D eigenvalue weighted by atomic mass is 10.1. The monoisotopic (exact) mass is 206 g/mol. The molecule has 1 aliphatic heterocycles. The SMILES string of the molecule is CN(C)NC(=O)[C@H]1CCS(=O)(=O)C1. The quantitative estimate of drug-likeness (QED) is 0.589. The van der Waals surface area contributed by atoms with E-state index in [1.807, 2.05) is 0 Å². The Morgan fingerprint density at radius 1 is 1.46 bits per heavy atom. The average molecular weight is 206 g/mol. The summed E-state index contributed by atoms with van der Waals surface area (Å²) in [6.45, 7) is 0. The van der Waals surface area contributed by atoms with E-state index in [9.17, 15) is 13.2 Å². The van der Waals surface area contributed by atoms with Gasteiger partial charge < -0.3 is 0 Å². The van der Waals surface area contributed by atoms with Gasteiger partial charge in [-0.2, -0.15) is 0 Å². The van der Waals surface area contributed by atoms with E-state index in [-0.39, 0.29) is 23.3 Å². The zero-order chi connectivity index (χ0) is 10.1. The molecule has 0 aromatic carbocycles. The zero-order valence-electron chi connectivity index (χ0n) is 7.78. The fourth-order valence-corrected chi connectivity index (χ4v) is 3.05. The lowest BCUT2D eigenvalue weighted by Crippen LogP contribution is -2.40. The molecule has 1 saturated heterocycles. The summed E-state index contributed by atoms with van der Waals surface area (Å²) in [5.41, 5.74) is 2.55. The molecule has 5 nitrogen and oxygen atoms in total. The van der Waals surface area contributed by atoms with Crippen molar-refractivity contribution in [1.82, 2.24) is 10.4 Å². The molecule has 1 fully saturated rings.